The van der Waals surface area contributed by atoms with E-state index < -0.39 is 0 Å². The predicted molar refractivity (Wildman–Crippen MR) is 42.6 cm³/mol. The SMILES string of the molecule is OC(=[NH+]C1CC1)C1CCNC1. The highest BCUT2D eigenvalue weighted by Crippen LogP contribution is 2.13. The van der Waals surface area contributed by atoms with E-state index in [4.69, 9.17) is 0 Å². The van der Waals surface area contributed by atoms with Crippen LogP contribution in [0.2, 0.25) is 0 Å². The zero-order valence-electron chi connectivity index (χ0n) is 6.64. The standard InChI is InChI=1S/C8H14N2O/c11-8(10-7-1-2-7)6-3-4-9-5-6/h6-7,9H,1-5H2,(H,10,11)/p+1. The van der Waals surface area contributed by atoms with Gasteiger partial charge in [-0.1, -0.05) is 0 Å². The molecular formula is C8H15N2O+. The molecule has 0 aromatic carbocycles. The second-order valence-electron chi connectivity index (χ2n) is 3.49. The van der Waals surface area contributed by atoms with Crippen molar-refractivity contribution in [3.8, 4) is 0 Å². The molecule has 0 spiro atoms. The van der Waals surface area contributed by atoms with Crippen LogP contribution in [0.25, 0.3) is 0 Å². The minimum atomic E-state index is 0.357. The summed E-state index contributed by atoms with van der Waals surface area (Å²) in [7, 11) is 0. The van der Waals surface area contributed by atoms with Crippen molar-refractivity contribution < 1.29 is 10.1 Å². The van der Waals surface area contributed by atoms with Gasteiger partial charge in [0.15, 0.2) is 6.04 Å². The monoisotopic (exact) mass is 155 g/mol. The average Bonchev–Trinajstić information content (AvgIpc) is 2.67. The molecule has 2 fully saturated rings. The van der Waals surface area contributed by atoms with Crippen LogP contribution in [0, 0.1) is 5.92 Å². The molecule has 0 amide bonds. The second-order valence-corrected chi connectivity index (χ2v) is 3.49. The summed E-state index contributed by atoms with van der Waals surface area (Å²) in [6, 6.07) is 0.579. The molecule has 3 nitrogen and oxygen atoms in total. The number of hydrogen-bond donors (Lipinski definition) is 3. The minimum absolute atomic E-state index is 0.357. The Morgan fingerprint density at radius 1 is 1.36 bits per heavy atom. The molecule has 0 radical (unpaired) electrons. The maximum Gasteiger partial charge on any atom is 0.336 e. The van der Waals surface area contributed by atoms with Crippen LogP contribution < -0.4 is 10.3 Å². The molecule has 1 aliphatic carbocycles. The second kappa shape index (κ2) is 2.81. The van der Waals surface area contributed by atoms with Crippen molar-refractivity contribution in [2.75, 3.05) is 13.1 Å². The van der Waals surface area contributed by atoms with E-state index in [2.05, 4.69) is 10.3 Å². The zero-order valence-corrected chi connectivity index (χ0v) is 6.64. The van der Waals surface area contributed by atoms with Gasteiger partial charge in [0, 0.05) is 19.4 Å². The van der Waals surface area contributed by atoms with Gasteiger partial charge in [0.25, 0.3) is 0 Å². The Morgan fingerprint density at radius 3 is 2.73 bits per heavy atom. The van der Waals surface area contributed by atoms with Crippen LogP contribution in [-0.2, 0) is 0 Å². The zero-order chi connectivity index (χ0) is 7.68. The molecule has 2 aliphatic rings. The predicted octanol–water partition coefficient (Wildman–Crippen LogP) is -1.20. The van der Waals surface area contributed by atoms with E-state index in [9.17, 15) is 5.11 Å². The summed E-state index contributed by atoms with van der Waals surface area (Å²) in [6.07, 6.45) is 3.53. The lowest BCUT2D eigenvalue weighted by Gasteiger charge is -1.98. The number of aliphatic hydroxyl groups is 1. The molecule has 1 aliphatic heterocycles. The number of rotatable bonds is 2. The molecule has 3 heteroatoms. The van der Waals surface area contributed by atoms with Crippen molar-refractivity contribution in [1.29, 1.82) is 0 Å². The Labute approximate surface area is 66.5 Å². The molecule has 1 unspecified atom stereocenters. The van der Waals surface area contributed by atoms with E-state index in [0.717, 1.165) is 19.5 Å². The van der Waals surface area contributed by atoms with Crippen LogP contribution in [0.1, 0.15) is 19.3 Å². The van der Waals surface area contributed by atoms with Gasteiger partial charge in [-0.3, -0.25) is 0 Å². The van der Waals surface area contributed by atoms with E-state index >= 15 is 0 Å². The third-order valence-electron chi connectivity index (χ3n) is 2.38. The fraction of sp³-hybridized carbons (Fsp3) is 0.875. The van der Waals surface area contributed by atoms with E-state index in [1.54, 1.807) is 0 Å². The highest BCUT2D eigenvalue weighted by Gasteiger charge is 2.31. The lowest BCUT2D eigenvalue weighted by Crippen LogP contribution is -2.76. The molecule has 62 valence electrons. The van der Waals surface area contributed by atoms with Gasteiger partial charge in [-0.2, -0.15) is 0 Å². The van der Waals surface area contributed by atoms with Gasteiger partial charge in [-0.25, -0.2) is 4.99 Å². The van der Waals surface area contributed by atoms with Gasteiger partial charge >= 0.3 is 5.90 Å². The van der Waals surface area contributed by atoms with Crippen molar-refractivity contribution in [3.63, 3.8) is 0 Å². The van der Waals surface area contributed by atoms with Crippen LogP contribution in [0.4, 0.5) is 0 Å². The van der Waals surface area contributed by atoms with Crippen molar-refractivity contribution in [1.82, 2.24) is 5.32 Å². The maximum atomic E-state index is 9.52. The lowest BCUT2D eigenvalue weighted by molar-refractivity contribution is -0.485. The molecule has 11 heavy (non-hydrogen) atoms. The van der Waals surface area contributed by atoms with Gasteiger partial charge in [0.05, 0.1) is 5.92 Å². The molecule has 1 saturated carbocycles. The minimum Gasteiger partial charge on any atom is -0.463 e. The first-order valence-corrected chi connectivity index (χ1v) is 4.39. The summed E-state index contributed by atoms with van der Waals surface area (Å²) in [5, 5.41) is 12.8. The third-order valence-corrected chi connectivity index (χ3v) is 2.38. The molecule has 0 aromatic rings. The van der Waals surface area contributed by atoms with Gasteiger partial charge in [0.1, 0.15) is 0 Å². The summed E-state index contributed by atoms with van der Waals surface area (Å²) in [5.74, 6) is 0.869. The summed E-state index contributed by atoms with van der Waals surface area (Å²) < 4.78 is 0. The highest BCUT2D eigenvalue weighted by molar-refractivity contribution is 5.71. The van der Waals surface area contributed by atoms with E-state index in [-0.39, 0.29) is 0 Å². The Bertz CT molecular complexity index is 169. The maximum absolute atomic E-state index is 9.52. The van der Waals surface area contributed by atoms with Gasteiger partial charge in [-0.05, 0) is 13.0 Å². The fourth-order valence-corrected chi connectivity index (χ4v) is 1.44. The Balaban J connectivity index is 1.90. The van der Waals surface area contributed by atoms with Crippen molar-refractivity contribution in [2.24, 2.45) is 5.92 Å². The highest BCUT2D eigenvalue weighted by atomic mass is 16.3. The molecule has 2 rings (SSSR count). The van der Waals surface area contributed by atoms with Crippen LogP contribution in [-0.4, -0.2) is 30.1 Å². The summed E-state index contributed by atoms with van der Waals surface area (Å²) >= 11 is 0. The lowest BCUT2D eigenvalue weighted by atomic mass is 10.1. The van der Waals surface area contributed by atoms with Crippen LogP contribution in [0.3, 0.4) is 0 Å². The fourth-order valence-electron chi connectivity index (χ4n) is 1.44. The quantitative estimate of drug-likeness (QED) is 0.346. The summed E-state index contributed by atoms with van der Waals surface area (Å²) in [6.45, 7) is 1.98. The average molecular weight is 155 g/mol. The largest absolute Gasteiger partial charge is 0.463 e. The van der Waals surface area contributed by atoms with E-state index in [0.29, 0.717) is 17.9 Å². The first kappa shape index (κ1) is 7.10. The van der Waals surface area contributed by atoms with Gasteiger partial charge in [-0.15, -0.1) is 0 Å². The first-order valence-electron chi connectivity index (χ1n) is 4.39. The Morgan fingerprint density at radius 2 is 2.18 bits per heavy atom. The third kappa shape index (κ3) is 1.71. The summed E-state index contributed by atoms with van der Waals surface area (Å²) in [5.41, 5.74) is 0. The van der Waals surface area contributed by atoms with Gasteiger partial charge < -0.3 is 10.4 Å². The number of nitrogens with one attached hydrogen (secondary N) is 2. The van der Waals surface area contributed by atoms with Crippen LogP contribution in [0.15, 0.2) is 0 Å². The van der Waals surface area contributed by atoms with Crippen LogP contribution >= 0.6 is 0 Å². The van der Waals surface area contributed by atoms with Crippen LogP contribution in [0.5, 0.6) is 0 Å². The van der Waals surface area contributed by atoms with Crippen molar-refractivity contribution in [3.05, 3.63) is 0 Å². The Kier molecular flexibility index (Phi) is 1.82. The van der Waals surface area contributed by atoms with E-state index in [1.807, 2.05) is 0 Å². The number of aliphatic hydroxyl groups excluding tert-OH is 1. The molecule has 3 N–H and O–H groups in total. The molecule has 0 aromatic heterocycles. The Hall–Kier alpha value is -0.570. The van der Waals surface area contributed by atoms with Gasteiger partial charge in [0.2, 0.25) is 0 Å². The summed E-state index contributed by atoms with van der Waals surface area (Å²) in [4.78, 5) is 3.13. The molecule has 1 heterocycles. The normalized spacial score (nSPS) is 32.7. The first-order chi connectivity index (χ1) is 5.36. The molecule has 1 saturated heterocycles. The van der Waals surface area contributed by atoms with E-state index in [1.165, 1.54) is 12.8 Å². The molecular weight excluding hydrogens is 140 g/mol. The smallest absolute Gasteiger partial charge is 0.336 e. The topological polar surface area (TPSA) is 46.2 Å². The molecule has 0 bridgehead atoms. The number of hydrogen-bond acceptors (Lipinski definition) is 1. The molecule has 1 atom stereocenters. The van der Waals surface area contributed by atoms with Crippen molar-refractivity contribution in [2.45, 2.75) is 25.3 Å². The van der Waals surface area contributed by atoms with Crippen molar-refractivity contribution >= 4 is 5.90 Å².